The number of benzene rings is 2. The standard InChI is InChI=1S/C16H9N7S2/c17-9-14(20-22-15-18-10-5-1-3-7-12(10)24-15)21-23-16-19-11-6-2-4-8-13(11)25-16/h1-8H,(H,18,22). The lowest BCUT2D eigenvalue weighted by molar-refractivity contribution is 1.21. The molecule has 2 aromatic carbocycles. The highest BCUT2D eigenvalue weighted by Crippen LogP contribution is 2.28. The maximum atomic E-state index is 9.15. The quantitative estimate of drug-likeness (QED) is 0.241. The molecule has 0 fully saturated rings. The Labute approximate surface area is 150 Å². The molecule has 25 heavy (non-hydrogen) atoms. The summed E-state index contributed by atoms with van der Waals surface area (Å²) in [7, 11) is 0. The number of amidine groups is 1. The summed E-state index contributed by atoms with van der Waals surface area (Å²) >= 11 is 2.85. The van der Waals surface area contributed by atoms with Crippen molar-refractivity contribution in [1.29, 1.82) is 5.26 Å². The summed E-state index contributed by atoms with van der Waals surface area (Å²) in [4.78, 5) is 8.70. The van der Waals surface area contributed by atoms with Gasteiger partial charge in [-0.1, -0.05) is 46.9 Å². The average Bonchev–Trinajstić information content (AvgIpc) is 3.24. The summed E-state index contributed by atoms with van der Waals surface area (Å²) in [6.45, 7) is 0. The van der Waals surface area contributed by atoms with Crippen LogP contribution in [0, 0.1) is 11.3 Å². The van der Waals surface area contributed by atoms with Gasteiger partial charge in [0.1, 0.15) is 6.07 Å². The molecule has 0 amide bonds. The average molecular weight is 363 g/mol. The highest BCUT2D eigenvalue weighted by molar-refractivity contribution is 7.22. The number of azo groups is 1. The molecule has 4 rings (SSSR count). The number of aromatic nitrogens is 2. The molecule has 9 heteroatoms. The van der Waals surface area contributed by atoms with E-state index >= 15 is 0 Å². The van der Waals surface area contributed by atoms with Crippen LogP contribution in [0.3, 0.4) is 0 Å². The summed E-state index contributed by atoms with van der Waals surface area (Å²) in [6, 6.07) is 17.3. The molecule has 2 heterocycles. The largest absolute Gasteiger partial charge is 0.270 e. The number of fused-ring (bicyclic) bond motifs is 2. The highest BCUT2D eigenvalue weighted by Gasteiger charge is 2.04. The molecule has 0 saturated carbocycles. The predicted octanol–water partition coefficient (Wildman–Crippen LogP) is 4.94. The van der Waals surface area contributed by atoms with Crippen molar-refractivity contribution in [3.05, 3.63) is 48.5 Å². The van der Waals surface area contributed by atoms with E-state index in [4.69, 9.17) is 5.26 Å². The van der Waals surface area contributed by atoms with Crippen LogP contribution in [0.4, 0.5) is 10.3 Å². The van der Waals surface area contributed by atoms with Gasteiger partial charge >= 0.3 is 0 Å². The second-order valence-electron chi connectivity index (χ2n) is 4.81. The van der Waals surface area contributed by atoms with Gasteiger partial charge in [-0.05, 0) is 24.3 Å². The highest BCUT2D eigenvalue weighted by atomic mass is 32.1. The third-order valence-electron chi connectivity index (χ3n) is 3.16. The number of hydrazone groups is 1. The molecule has 4 aromatic rings. The van der Waals surface area contributed by atoms with E-state index in [1.807, 2.05) is 54.6 Å². The molecule has 120 valence electrons. The van der Waals surface area contributed by atoms with Crippen LogP contribution in [0.1, 0.15) is 0 Å². The van der Waals surface area contributed by atoms with E-state index < -0.39 is 0 Å². The van der Waals surface area contributed by atoms with Crippen molar-refractivity contribution >= 4 is 59.2 Å². The Bertz CT molecular complexity index is 1080. The number of nitrogens with one attached hydrogen (secondary N) is 1. The Hall–Kier alpha value is -3.22. The van der Waals surface area contributed by atoms with Crippen LogP contribution in [0.15, 0.2) is 63.9 Å². The number of thiazole rings is 2. The van der Waals surface area contributed by atoms with Gasteiger partial charge in [0.15, 0.2) is 0 Å². The molecular formula is C16H9N7S2. The van der Waals surface area contributed by atoms with Gasteiger partial charge < -0.3 is 0 Å². The Balaban J connectivity index is 1.52. The zero-order valence-corrected chi connectivity index (χ0v) is 14.3. The minimum atomic E-state index is -0.0986. The second kappa shape index (κ2) is 6.72. The van der Waals surface area contributed by atoms with Crippen molar-refractivity contribution in [2.24, 2.45) is 15.3 Å². The Morgan fingerprint density at radius 1 is 0.960 bits per heavy atom. The molecule has 0 spiro atoms. The van der Waals surface area contributed by atoms with E-state index in [2.05, 4.69) is 30.7 Å². The summed E-state index contributed by atoms with van der Waals surface area (Å²) in [6.07, 6.45) is 0. The lowest BCUT2D eigenvalue weighted by Crippen LogP contribution is -1.95. The van der Waals surface area contributed by atoms with Crippen LogP contribution in [0.5, 0.6) is 0 Å². The van der Waals surface area contributed by atoms with Gasteiger partial charge in [-0.15, -0.1) is 15.3 Å². The number of hydrogen-bond donors (Lipinski definition) is 1. The van der Waals surface area contributed by atoms with Gasteiger partial charge in [0.05, 0.1) is 20.4 Å². The third kappa shape index (κ3) is 3.35. The Morgan fingerprint density at radius 2 is 1.64 bits per heavy atom. The van der Waals surface area contributed by atoms with Gasteiger partial charge in [0.2, 0.25) is 10.3 Å². The fourth-order valence-electron chi connectivity index (χ4n) is 2.08. The number of nitriles is 1. The molecule has 0 aliphatic heterocycles. The lowest BCUT2D eigenvalue weighted by atomic mass is 10.3. The molecule has 0 radical (unpaired) electrons. The molecule has 0 unspecified atom stereocenters. The van der Waals surface area contributed by atoms with Gasteiger partial charge in [-0.2, -0.15) is 5.26 Å². The van der Waals surface area contributed by atoms with Crippen LogP contribution in [-0.2, 0) is 0 Å². The Kier molecular flexibility index (Phi) is 4.12. The lowest BCUT2D eigenvalue weighted by Gasteiger charge is -1.91. The molecular weight excluding hydrogens is 354 g/mol. The maximum Gasteiger partial charge on any atom is 0.270 e. The molecule has 1 N–H and O–H groups in total. The summed E-state index contributed by atoms with van der Waals surface area (Å²) in [5.74, 6) is -0.0986. The third-order valence-corrected chi connectivity index (χ3v) is 5.03. The summed E-state index contributed by atoms with van der Waals surface area (Å²) in [5, 5.41) is 22.0. The first kappa shape index (κ1) is 15.3. The van der Waals surface area contributed by atoms with E-state index in [0.29, 0.717) is 10.3 Å². The van der Waals surface area contributed by atoms with Crippen molar-refractivity contribution in [1.82, 2.24) is 9.97 Å². The van der Waals surface area contributed by atoms with Crippen LogP contribution < -0.4 is 5.43 Å². The van der Waals surface area contributed by atoms with Gasteiger partial charge in [-0.3, -0.25) is 0 Å². The minimum Gasteiger partial charge on any atom is -0.250 e. The van der Waals surface area contributed by atoms with Crippen LogP contribution in [0.25, 0.3) is 20.4 Å². The molecule has 0 aliphatic carbocycles. The monoisotopic (exact) mass is 363 g/mol. The molecule has 7 nitrogen and oxygen atoms in total. The van der Waals surface area contributed by atoms with Crippen molar-refractivity contribution < 1.29 is 0 Å². The molecule has 0 bridgehead atoms. The number of rotatable bonds is 3. The van der Waals surface area contributed by atoms with Crippen molar-refractivity contribution in [3.63, 3.8) is 0 Å². The van der Waals surface area contributed by atoms with Crippen molar-refractivity contribution in [2.45, 2.75) is 0 Å². The van der Waals surface area contributed by atoms with Crippen LogP contribution >= 0.6 is 22.7 Å². The maximum absolute atomic E-state index is 9.15. The fraction of sp³-hybridized carbons (Fsp3) is 0. The van der Waals surface area contributed by atoms with Crippen LogP contribution in [0.2, 0.25) is 0 Å². The van der Waals surface area contributed by atoms with E-state index in [0.717, 1.165) is 20.4 Å². The Morgan fingerprint density at radius 3 is 2.32 bits per heavy atom. The topological polar surface area (TPSA) is 98.7 Å². The van der Waals surface area contributed by atoms with Crippen molar-refractivity contribution in [3.8, 4) is 6.07 Å². The van der Waals surface area contributed by atoms with E-state index in [1.165, 1.54) is 22.7 Å². The number of nitrogens with zero attached hydrogens (tertiary/aromatic N) is 6. The van der Waals surface area contributed by atoms with Crippen molar-refractivity contribution in [2.75, 3.05) is 5.43 Å². The first-order valence-electron chi connectivity index (χ1n) is 7.18. The molecule has 0 atom stereocenters. The molecule has 0 aliphatic rings. The number of hydrogen-bond acceptors (Lipinski definition) is 8. The van der Waals surface area contributed by atoms with E-state index in [1.54, 1.807) is 0 Å². The zero-order chi connectivity index (χ0) is 17.1. The fourth-order valence-corrected chi connectivity index (χ4v) is 3.68. The first-order valence-corrected chi connectivity index (χ1v) is 8.82. The minimum absolute atomic E-state index is 0.0986. The SMILES string of the molecule is N#CC(N=Nc1nc2ccccc2s1)=NNc1nc2ccccc2s1. The predicted molar refractivity (Wildman–Crippen MR) is 100 cm³/mol. The van der Waals surface area contributed by atoms with Gasteiger partial charge in [-0.25, -0.2) is 15.4 Å². The summed E-state index contributed by atoms with van der Waals surface area (Å²) in [5.41, 5.74) is 4.48. The van der Waals surface area contributed by atoms with Gasteiger partial charge in [0.25, 0.3) is 5.84 Å². The molecule has 2 aromatic heterocycles. The normalized spacial score (nSPS) is 12.0. The number of anilines is 1. The molecule has 0 saturated heterocycles. The number of para-hydroxylation sites is 2. The van der Waals surface area contributed by atoms with Crippen LogP contribution in [-0.4, -0.2) is 15.8 Å². The van der Waals surface area contributed by atoms with Gasteiger partial charge in [0, 0.05) is 0 Å². The smallest absolute Gasteiger partial charge is 0.250 e. The van der Waals surface area contributed by atoms with E-state index in [9.17, 15) is 0 Å². The zero-order valence-electron chi connectivity index (χ0n) is 12.6. The van der Waals surface area contributed by atoms with E-state index in [-0.39, 0.29) is 5.84 Å². The summed E-state index contributed by atoms with van der Waals surface area (Å²) < 4.78 is 2.05. The second-order valence-corrected chi connectivity index (χ2v) is 6.85. The first-order chi connectivity index (χ1) is 12.3.